The van der Waals surface area contributed by atoms with Gasteiger partial charge in [-0.15, -0.1) is 5.10 Å². The largest absolute Gasteiger partial charge is 0.465 e. The first kappa shape index (κ1) is 26.7. The van der Waals surface area contributed by atoms with Gasteiger partial charge in [0.1, 0.15) is 5.02 Å². The number of hydrogen-bond acceptors (Lipinski definition) is 4. The Morgan fingerprint density at radius 1 is 1.03 bits per heavy atom. The fourth-order valence-corrected chi connectivity index (χ4v) is 4.29. The van der Waals surface area contributed by atoms with Gasteiger partial charge in [0.05, 0.1) is 18.7 Å². The van der Waals surface area contributed by atoms with E-state index >= 15 is 0 Å². The second-order valence-electron chi connectivity index (χ2n) is 9.32. The van der Waals surface area contributed by atoms with Gasteiger partial charge >= 0.3 is 5.97 Å². The highest BCUT2D eigenvalue weighted by Gasteiger charge is 2.20. The first-order valence-corrected chi connectivity index (χ1v) is 13.1. The van der Waals surface area contributed by atoms with Gasteiger partial charge in [0.15, 0.2) is 11.5 Å². The van der Waals surface area contributed by atoms with Crippen LogP contribution in [0.5, 0.6) is 0 Å². The van der Waals surface area contributed by atoms with Crippen molar-refractivity contribution in [2.45, 2.75) is 117 Å². The molecule has 2 unspecified atom stereocenters. The number of nitrogens with zero attached hydrogens (tertiary/aromatic N) is 3. The summed E-state index contributed by atoms with van der Waals surface area (Å²) in [6, 6.07) is 0. The normalized spacial score (nSPS) is 13.5. The molecule has 0 aliphatic heterocycles. The number of esters is 1. The zero-order chi connectivity index (χ0) is 23.3. The van der Waals surface area contributed by atoms with Gasteiger partial charge in [0.25, 0.3) is 0 Å². The van der Waals surface area contributed by atoms with E-state index in [1.807, 2.05) is 13.8 Å². The average Bonchev–Trinajstić information content (AvgIpc) is 3.30. The third kappa shape index (κ3) is 8.76. The highest BCUT2D eigenvalue weighted by Crippen LogP contribution is 2.24. The van der Waals surface area contributed by atoms with Gasteiger partial charge in [-0.3, -0.25) is 9.89 Å². The van der Waals surface area contributed by atoms with Crippen LogP contribution < -0.4 is 0 Å². The minimum Gasteiger partial charge on any atom is -0.465 e. The number of carbonyl (C=O) groups is 1. The molecule has 0 aromatic carbocycles. The van der Waals surface area contributed by atoms with Crippen LogP contribution in [-0.2, 0) is 9.53 Å². The monoisotopic (exact) mass is 466 g/mol. The molecule has 32 heavy (non-hydrogen) atoms. The third-order valence-electron chi connectivity index (χ3n) is 6.25. The Kier molecular flexibility index (Phi) is 12.1. The molecule has 0 bridgehead atoms. The summed E-state index contributed by atoms with van der Waals surface area (Å²) in [5.41, 5.74) is 1.43. The van der Waals surface area contributed by atoms with Crippen LogP contribution in [-0.4, -0.2) is 32.4 Å². The molecule has 2 aromatic heterocycles. The maximum Gasteiger partial charge on any atom is 0.306 e. The average molecular weight is 467 g/mol. The van der Waals surface area contributed by atoms with E-state index < -0.39 is 0 Å². The van der Waals surface area contributed by atoms with E-state index in [4.69, 9.17) is 16.3 Å². The van der Waals surface area contributed by atoms with Gasteiger partial charge in [-0.2, -0.15) is 4.63 Å². The molecule has 0 saturated carbocycles. The number of aromatic amines is 1. The predicted octanol–water partition coefficient (Wildman–Crippen LogP) is 7.39. The molecular weight excluding hydrogens is 424 g/mol. The smallest absolute Gasteiger partial charge is 0.306 e. The molecule has 0 spiro atoms. The van der Waals surface area contributed by atoms with Crippen LogP contribution in [0.15, 0.2) is 0 Å². The van der Waals surface area contributed by atoms with Crippen molar-refractivity contribution in [2.24, 2.45) is 5.92 Å². The van der Waals surface area contributed by atoms with Crippen LogP contribution in [0, 0.1) is 12.8 Å². The lowest BCUT2D eigenvalue weighted by molar-refractivity contribution is -0.145. The Morgan fingerprint density at radius 2 is 1.62 bits per heavy atom. The van der Waals surface area contributed by atoms with Crippen molar-refractivity contribution in [3.05, 3.63) is 16.5 Å². The first-order chi connectivity index (χ1) is 15.5. The van der Waals surface area contributed by atoms with Crippen LogP contribution in [0.3, 0.4) is 0 Å². The summed E-state index contributed by atoms with van der Waals surface area (Å²) in [7, 11) is 0. The Labute approximate surface area is 198 Å². The first-order valence-electron chi connectivity index (χ1n) is 12.7. The topological polar surface area (TPSA) is 72.3 Å². The minimum absolute atomic E-state index is 0.117. The Morgan fingerprint density at radius 3 is 2.25 bits per heavy atom. The van der Waals surface area contributed by atoms with E-state index in [-0.39, 0.29) is 18.3 Å². The number of carbonyl (C=O) groups excluding carboxylic acids is 1. The van der Waals surface area contributed by atoms with Crippen molar-refractivity contribution in [1.82, 2.24) is 19.8 Å². The molecule has 2 aromatic rings. The molecule has 0 aliphatic rings. The van der Waals surface area contributed by atoms with Crippen molar-refractivity contribution < 1.29 is 9.53 Å². The molecule has 0 saturated heterocycles. The number of nitrogens with one attached hydrogen (secondary N) is 1. The number of halogens is 1. The number of unbranched alkanes of at least 4 members (excludes halogenated alkanes) is 8. The fraction of sp³-hybridized carbons (Fsp3) is 0.800. The Hall–Kier alpha value is -1.56. The van der Waals surface area contributed by atoms with Gasteiger partial charge in [0.2, 0.25) is 0 Å². The molecule has 2 atom stereocenters. The SMILES string of the molecule is CCCCCCCCC(CCCCCC)COC(=O)CC(C)c1nc2c(Cl)c(C)[nH]n2n1. The standard InChI is InChI=1S/C25H43ClN4O2/c1-5-7-9-11-12-14-16-21(15-13-10-8-6-2)18-32-22(31)17-19(3)24-27-25-23(26)20(4)28-30(25)29-24/h19,21,28H,5-18H2,1-4H3. The summed E-state index contributed by atoms with van der Waals surface area (Å²) < 4.78 is 7.28. The third-order valence-corrected chi connectivity index (χ3v) is 6.70. The van der Waals surface area contributed by atoms with Gasteiger partial charge in [-0.25, -0.2) is 4.98 Å². The van der Waals surface area contributed by atoms with Gasteiger partial charge in [-0.05, 0) is 25.7 Å². The van der Waals surface area contributed by atoms with E-state index in [9.17, 15) is 4.79 Å². The second kappa shape index (κ2) is 14.6. The molecule has 6 nitrogen and oxygen atoms in total. The molecule has 0 amide bonds. The van der Waals surface area contributed by atoms with E-state index in [0.29, 0.717) is 29.0 Å². The summed E-state index contributed by atoms with van der Waals surface area (Å²) in [6.07, 6.45) is 15.4. The zero-order valence-electron chi connectivity index (χ0n) is 20.6. The molecule has 0 radical (unpaired) electrons. The van der Waals surface area contributed by atoms with Crippen molar-refractivity contribution in [2.75, 3.05) is 6.61 Å². The lowest BCUT2D eigenvalue weighted by Crippen LogP contribution is -2.16. The summed E-state index contributed by atoms with van der Waals surface area (Å²) in [6.45, 7) is 8.86. The Bertz CT molecular complexity index is 801. The molecule has 182 valence electrons. The van der Waals surface area contributed by atoms with Crippen molar-refractivity contribution in [1.29, 1.82) is 0 Å². The van der Waals surface area contributed by atoms with Crippen molar-refractivity contribution in [3.63, 3.8) is 0 Å². The molecule has 2 rings (SSSR count). The highest BCUT2D eigenvalue weighted by atomic mass is 35.5. The molecule has 2 heterocycles. The van der Waals surface area contributed by atoms with Crippen LogP contribution in [0.2, 0.25) is 5.02 Å². The Balaban J connectivity index is 1.78. The molecule has 0 aliphatic carbocycles. The minimum atomic E-state index is -0.167. The molecule has 7 heteroatoms. The number of aryl methyl sites for hydroxylation is 1. The second-order valence-corrected chi connectivity index (χ2v) is 9.69. The zero-order valence-corrected chi connectivity index (χ0v) is 21.3. The maximum absolute atomic E-state index is 12.5. The fourth-order valence-electron chi connectivity index (χ4n) is 4.13. The summed E-state index contributed by atoms with van der Waals surface area (Å²) >= 11 is 6.24. The lowest BCUT2D eigenvalue weighted by Gasteiger charge is -2.18. The summed E-state index contributed by atoms with van der Waals surface area (Å²) in [5, 5.41) is 8.05. The lowest BCUT2D eigenvalue weighted by atomic mass is 9.95. The summed E-state index contributed by atoms with van der Waals surface area (Å²) in [5.74, 6) is 0.801. The van der Waals surface area contributed by atoms with Crippen LogP contribution in [0.25, 0.3) is 5.65 Å². The molecule has 0 fully saturated rings. The van der Waals surface area contributed by atoms with E-state index in [0.717, 1.165) is 18.5 Å². The van der Waals surface area contributed by atoms with Gasteiger partial charge < -0.3 is 4.74 Å². The molecular formula is C25H43ClN4O2. The quantitative estimate of drug-likeness (QED) is 0.195. The predicted molar refractivity (Wildman–Crippen MR) is 131 cm³/mol. The number of rotatable bonds is 17. The van der Waals surface area contributed by atoms with Crippen molar-refractivity contribution >= 4 is 23.2 Å². The number of aromatic nitrogens is 4. The van der Waals surface area contributed by atoms with Gasteiger partial charge in [-0.1, -0.05) is 96.6 Å². The van der Waals surface area contributed by atoms with Crippen LogP contribution >= 0.6 is 11.6 Å². The summed E-state index contributed by atoms with van der Waals surface area (Å²) in [4.78, 5) is 17.0. The highest BCUT2D eigenvalue weighted by molar-refractivity contribution is 6.34. The van der Waals surface area contributed by atoms with Crippen LogP contribution in [0.4, 0.5) is 0 Å². The van der Waals surface area contributed by atoms with E-state index in [1.165, 1.54) is 64.2 Å². The number of H-pyrrole nitrogens is 1. The van der Waals surface area contributed by atoms with E-state index in [1.54, 1.807) is 4.63 Å². The number of fused-ring (bicyclic) bond motifs is 1. The van der Waals surface area contributed by atoms with Crippen molar-refractivity contribution in [3.8, 4) is 0 Å². The van der Waals surface area contributed by atoms with Gasteiger partial charge in [0, 0.05) is 5.92 Å². The number of ether oxygens (including phenoxy) is 1. The number of hydrogen-bond donors (Lipinski definition) is 1. The molecule has 1 N–H and O–H groups in total. The van der Waals surface area contributed by atoms with E-state index in [2.05, 4.69) is 29.0 Å². The van der Waals surface area contributed by atoms with Crippen LogP contribution in [0.1, 0.15) is 122 Å². The maximum atomic E-state index is 12.5.